The van der Waals surface area contributed by atoms with Gasteiger partial charge in [0.2, 0.25) is 0 Å². The Morgan fingerprint density at radius 3 is 2.33 bits per heavy atom. The molecule has 0 radical (unpaired) electrons. The van der Waals surface area contributed by atoms with Crippen LogP contribution in [0, 0.1) is 0 Å². The van der Waals surface area contributed by atoms with Gasteiger partial charge in [0.25, 0.3) is 0 Å². The predicted molar refractivity (Wildman–Crippen MR) is 61.9 cm³/mol. The smallest absolute Gasteiger partial charge is 0.159 e. The first-order valence-electron chi connectivity index (χ1n) is 5.35. The maximum absolute atomic E-state index is 11.2. The third-order valence-corrected chi connectivity index (χ3v) is 2.30. The summed E-state index contributed by atoms with van der Waals surface area (Å²) in [7, 11) is 0. The van der Waals surface area contributed by atoms with Crippen molar-refractivity contribution >= 4 is 5.78 Å². The molecule has 0 heterocycles. The summed E-state index contributed by atoms with van der Waals surface area (Å²) in [5, 5.41) is 0. The summed E-state index contributed by atoms with van der Waals surface area (Å²) >= 11 is 0. The van der Waals surface area contributed by atoms with Crippen LogP contribution in [0.5, 0.6) is 0 Å². The SMILES string of the molecule is [2H]c1cc(C(C)=O)ccc1-c1ccccc1. The van der Waals surface area contributed by atoms with Gasteiger partial charge in [0, 0.05) is 5.56 Å². The number of rotatable bonds is 2. The minimum Gasteiger partial charge on any atom is -0.295 e. The van der Waals surface area contributed by atoms with E-state index in [4.69, 9.17) is 1.37 Å². The molecule has 0 fully saturated rings. The molecule has 0 aliphatic heterocycles. The molecule has 2 aromatic rings. The second kappa shape index (κ2) is 4.09. The maximum Gasteiger partial charge on any atom is 0.159 e. The van der Waals surface area contributed by atoms with E-state index >= 15 is 0 Å². The first-order chi connectivity index (χ1) is 7.68. The van der Waals surface area contributed by atoms with Gasteiger partial charge in [0.1, 0.15) is 0 Å². The zero-order valence-electron chi connectivity index (χ0n) is 9.53. The molecule has 0 saturated carbocycles. The highest BCUT2D eigenvalue weighted by molar-refractivity contribution is 5.94. The Hall–Kier alpha value is -1.89. The topological polar surface area (TPSA) is 17.1 Å². The van der Waals surface area contributed by atoms with Crippen LogP contribution in [0.3, 0.4) is 0 Å². The lowest BCUT2D eigenvalue weighted by Crippen LogP contribution is -1.90. The van der Waals surface area contributed by atoms with Crippen molar-refractivity contribution in [1.82, 2.24) is 0 Å². The summed E-state index contributed by atoms with van der Waals surface area (Å²) in [6.45, 7) is 1.51. The van der Waals surface area contributed by atoms with E-state index in [-0.39, 0.29) is 5.78 Å². The molecule has 0 aliphatic rings. The van der Waals surface area contributed by atoms with Crippen molar-refractivity contribution in [1.29, 1.82) is 0 Å². The minimum absolute atomic E-state index is 0.00638. The van der Waals surface area contributed by atoms with Crippen molar-refractivity contribution < 1.29 is 6.17 Å². The molecule has 0 amide bonds. The molecule has 1 heteroatoms. The highest BCUT2D eigenvalue weighted by atomic mass is 16.1. The summed E-state index contributed by atoms with van der Waals surface area (Å²) in [6.07, 6.45) is 0. The number of benzene rings is 2. The lowest BCUT2D eigenvalue weighted by atomic mass is 10.0. The van der Waals surface area contributed by atoms with Gasteiger partial charge in [-0.2, -0.15) is 0 Å². The Morgan fingerprint density at radius 2 is 1.73 bits per heavy atom. The third-order valence-electron chi connectivity index (χ3n) is 2.30. The van der Waals surface area contributed by atoms with Crippen molar-refractivity contribution in [2.75, 3.05) is 0 Å². The molecule has 2 rings (SSSR count). The van der Waals surface area contributed by atoms with Gasteiger partial charge < -0.3 is 0 Å². The lowest BCUT2D eigenvalue weighted by Gasteiger charge is -2.01. The Labute approximate surface area is 90.8 Å². The Balaban J connectivity index is 2.48. The average Bonchev–Trinajstić information content (AvgIpc) is 2.30. The van der Waals surface area contributed by atoms with Gasteiger partial charge in [0.05, 0.1) is 1.37 Å². The minimum atomic E-state index is -0.00638. The summed E-state index contributed by atoms with van der Waals surface area (Å²) in [6, 6.07) is 15.3. The van der Waals surface area contributed by atoms with Crippen molar-refractivity contribution in [2.45, 2.75) is 6.92 Å². The van der Waals surface area contributed by atoms with Crippen LogP contribution >= 0.6 is 0 Å². The first-order valence-corrected chi connectivity index (χ1v) is 4.85. The zero-order valence-corrected chi connectivity index (χ0v) is 8.53. The van der Waals surface area contributed by atoms with Crippen LogP contribution in [0.4, 0.5) is 0 Å². The van der Waals surface area contributed by atoms with Crippen molar-refractivity contribution in [3.63, 3.8) is 0 Å². The Morgan fingerprint density at radius 1 is 1.00 bits per heavy atom. The van der Waals surface area contributed by atoms with Crippen LogP contribution in [0.15, 0.2) is 54.6 Å². The van der Waals surface area contributed by atoms with E-state index in [2.05, 4.69) is 0 Å². The van der Waals surface area contributed by atoms with E-state index < -0.39 is 0 Å². The molecule has 0 unspecified atom stereocenters. The highest BCUT2D eigenvalue weighted by Crippen LogP contribution is 2.19. The number of carbonyl (C=O) groups is 1. The summed E-state index contributed by atoms with van der Waals surface area (Å²) in [5.74, 6) is -0.00638. The van der Waals surface area contributed by atoms with Crippen molar-refractivity contribution in [2.24, 2.45) is 0 Å². The Bertz CT molecular complexity index is 518. The molecule has 0 N–H and O–H groups in total. The average molecular weight is 197 g/mol. The van der Waals surface area contributed by atoms with Gasteiger partial charge in [-0.05, 0) is 18.1 Å². The van der Waals surface area contributed by atoms with E-state index in [1.807, 2.05) is 36.4 Å². The van der Waals surface area contributed by atoms with Crippen molar-refractivity contribution in [3.05, 3.63) is 60.1 Å². The maximum atomic E-state index is 11.2. The molecule has 0 saturated heterocycles. The van der Waals surface area contributed by atoms with Crippen LogP contribution < -0.4 is 0 Å². The first kappa shape index (κ1) is 8.42. The number of ketones is 1. The molecule has 0 bridgehead atoms. The van der Waals surface area contributed by atoms with Crippen LogP contribution in [0.25, 0.3) is 11.1 Å². The molecular weight excluding hydrogens is 184 g/mol. The van der Waals surface area contributed by atoms with Crippen molar-refractivity contribution in [3.8, 4) is 11.1 Å². The molecule has 0 aliphatic carbocycles. The number of Topliss-reactive ketones (excluding diaryl/α,β-unsaturated/α-hetero) is 1. The highest BCUT2D eigenvalue weighted by Gasteiger charge is 1.99. The fourth-order valence-electron chi connectivity index (χ4n) is 1.44. The van der Waals surface area contributed by atoms with Crippen LogP contribution in [0.2, 0.25) is 0 Å². The third kappa shape index (κ3) is 2.13. The molecule has 0 atom stereocenters. The largest absolute Gasteiger partial charge is 0.295 e. The molecule has 15 heavy (non-hydrogen) atoms. The monoisotopic (exact) mass is 197 g/mol. The van der Waals surface area contributed by atoms with Gasteiger partial charge in [-0.15, -0.1) is 0 Å². The van der Waals surface area contributed by atoms with Crippen LogP contribution in [-0.4, -0.2) is 5.78 Å². The second-order valence-corrected chi connectivity index (χ2v) is 3.41. The number of hydrogen-bond donors (Lipinski definition) is 0. The molecule has 2 aromatic carbocycles. The fraction of sp³-hybridized carbons (Fsp3) is 0.0714. The van der Waals surface area contributed by atoms with Gasteiger partial charge in [-0.3, -0.25) is 4.79 Å². The molecule has 1 nitrogen and oxygen atoms in total. The van der Waals surface area contributed by atoms with Gasteiger partial charge >= 0.3 is 0 Å². The van der Waals surface area contributed by atoms with Gasteiger partial charge in [0.15, 0.2) is 5.78 Å². The molecule has 74 valence electrons. The Kier molecular flexibility index (Phi) is 2.30. The van der Waals surface area contributed by atoms with E-state index in [9.17, 15) is 4.79 Å². The van der Waals surface area contributed by atoms with E-state index in [1.165, 1.54) is 6.92 Å². The zero-order chi connectivity index (χ0) is 11.5. The molecule has 0 spiro atoms. The van der Waals surface area contributed by atoms with Gasteiger partial charge in [-0.25, -0.2) is 0 Å². The lowest BCUT2D eigenvalue weighted by molar-refractivity contribution is 0.101. The van der Waals surface area contributed by atoms with E-state index in [0.717, 1.165) is 11.1 Å². The number of carbonyl (C=O) groups excluding carboxylic acids is 1. The summed E-state index contributed by atoms with van der Waals surface area (Å²) in [5.41, 5.74) is 2.44. The van der Waals surface area contributed by atoms with Crippen LogP contribution in [0.1, 0.15) is 18.7 Å². The van der Waals surface area contributed by atoms with Crippen LogP contribution in [-0.2, 0) is 0 Å². The van der Waals surface area contributed by atoms with E-state index in [1.54, 1.807) is 12.1 Å². The standard InChI is InChI=1S/C14H12O/c1-11(15)12-7-9-14(10-8-12)13-5-3-2-4-6-13/h2-10H,1H3/i9D. The normalized spacial score (nSPS) is 10.9. The molecule has 0 aromatic heterocycles. The van der Waals surface area contributed by atoms with E-state index in [0.29, 0.717) is 11.6 Å². The van der Waals surface area contributed by atoms with Gasteiger partial charge in [-0.1, -0.05) is 54.6 Å². The predicted octanol–water partition coefficient (Wildman–Crippen LogP) is 3.56. The fourth-order valence-corrected chi connectivity index (χ4v) is 1.44. The number of hydrogen-bond acceptors (Lipinski definition) is 1. The summed E-state index contributed by atoms with van der Waals surface area (Å²) in [4.78, 5) is 11.2. The summed E-state index contributed by atoms with van der Waals surface area (Å²) < 4.78 is 7.89. The molecular formula is C14H12O. The second-order valence-electron chi connectivity index (χ2n) is 3.41. The quantitative estimate of drug-likeness (QED) is 0.673.